The predicted octanol–water partition coefficient (Wildman–Crippen LogP) is 1.27. The largest absolute Gasteiger partial charge is 0.355 e. The van der Waals surface area contributed by atoms with Crippen LogP contribution in [0.1, 0.15) is 51.4 Å². The van der Waals surface area contributed by atoms with Crippen LogP contribution < -0.4 is 11.1 Å². The first-order valence-corrected chi connectivity index (χ1v) is 8.46. The first-order valence-electron chi connectivity index (χ1n) is 8.46. The van der Waals surface area contributed by atoms with Gasteiger partial charge in [-0.05, 0) is 51.0 Å². The van der Waals surface area contributed by atoms with Gasteiger partial charge in [-0.25, -0.2) is 0 Å². The van der Waals surface area contributed by atoms with Crippen molar-refractivity contribution in [3.05, 3.63) is 0 Å². The third-order valence-corrected chi connectivity index (χ3v) is 4.83. The Kier molecular flexibility index (Phi) is 6.49. The van der Waals surface area contributed by atoms with Crippen molar-refractivity contribution in [1.82, 2.24) is 10.2 Å². The highest BCUT2D eigenvalue weighted by Crippen LogP contribution is 2.28. The lowest BCUT2D eigenvalue weighted by molar-refractivity contribution is -0.132. The minimum Gasteiger partial charge on any atom is -0.355 e. The lowest BCUT2D eigenvalue weighted by Gasteiger charge is -2.28. The van der Waals surface area contributed by atoms with E-state index in [1.165, 1.54) is 6.42 Å². The normalized spacial score (nSPS) is 26.4. The first-order chi connectivity index (χ1) is 10.2. The molecule has 2 unspecified atom stereocenters. The van der Waals surface area contributed by atoms with Gasteiger partial charge in [0.05, 0.1) is 0 Å². The van der Waals surface area contributed by atoms with Gasteiger partial charge < -0.3 is 16.0 Å². The zero-order chi connectivity index (χ0) is 15.1. The maximum Gasteiger partial charge on any atom is 0.224 e. The molecule has 1 saturated heterocycles. The van der Waals surface area contributed by atoms with Crippen LogP contribution in [0, 0.1) is 11.8 Å². The number of carbonyl (C=O) groups is 2. The van der Waals surface area contributed by atoms with Gasteiger partial charge in [0.1, 0.15) is 0 Å². The fourth-order valence-corrected chi connectivity index (χ4v) is 3.48. The molecule has 1 heterocycles. The van der Waals surface area contributed by atoms with Gasteiger partial charge in [0.25, 0.3) is 0 Å². The molecule has 0 aromatic carbocycles. The Hall–Kier alpha value is -1.10. The standard InChI is InChI=1S/C16H29N3O2/c17-12-13-5-4-6-14(11-13)16(21)18-8-7-15(20)19-9-2-1-3-10-19/h13-14H,1-12,17H2,(H,18,21). The van der Waals surface area contributed by atoms with Crippen molar-refractivity contribution in [3.63, 3.8) is 0 Å². The Labute approximate surface area is 127 Å². The molecule has 0 spiro atoms. The average Bonchev–Trinajstić information content (AvgIpc) is 2.55. The topological polar surface area (TPSA) is 75.4 Å². The van der Waals surface area contributed by atoms with Crippen molar-refractivity contribution < 1.29 is 9.59 Å². The number of amides is 2. The van der Waals surface area contributed by atoms with Crippen LogP contribution in [-0.2, 0) is 9.59 Å². The Balaban J connectivity index is 1.65. The smallest absolute Gasteiger partial charge is 0.224 e. The van der Waals surface area contributed by atoms with E-state index in [-0.39, 0.29) is 17.7 Å². The van der Waals surface area contributed by atoms with Crippen molar-refractivity contribution in [3.8, 4) is 0 Å². The molecule has 2 atom stereocenters. The summed E-state index contributed by atoms with van der Waals surface area (Å²) < 4.78 is 0. The zero-order valence-electron chi connectivity index (χ0n) is 13.0. The highest BCUT2D eigenvalue weighted by atomic mass is 16.2. The molecule has 3 N–H and O–H groups in total. The summed E-state index contributed by atoms with van der Waals surface area (Å²) in [7, 11) is 0. The lowest BCUT2D eigenvalue weighted by Crippen LogP contribution is -2.39. The molecular weight excluding hydrogens is 266 g/mol. The fourth-order valence-electron chi connectivity index (χ4n) is 3.48. The number of nitrogens with zero attached hydrogens (tertiary/aromatic N) is 1. The summed E-state index contributed by atoms with van der Waals surface area (Å²) in [5.41, 5.74) is 5.71. The summed E-state index contributed by atoms with van der Waals surface area (Å²) in [4.78, 5) is 26.1. The highest BCUT2D eigenvalue weighted by molar-refractivity contribution is 5.80. The van der Waals surface area contributed by atoms with Crippen LogP contribution in [0.5, 0.6) is 0 Å². The number of hydrogen-bond donors (Lipinski definition) is 2. The third kappa shape index (κ3) is 4.99. The van der Waals surface area contributed by atoms with Gasteiger partial charge in [0.15, 0.2) is 0 Å². The molecule has 0 radical (unpaired) electrons. The summed E-state index contributed by atoms with van der Waals surface area (Å²) in [5.74, 6) is 0.875. The molecular formula is C16H29N3O2. The van der Waals surface area contributed by atoms with Crippen LogP contribution in [0.4, 0.5) is 0 Å². The van der Waals surface area contributed by atoms with Gasteiger partial charge in [-0.1, -0.05) is 6.42 Å². The van der Waals surface area contributed by atoms with E-state index in [9.17, 15) is 9.59 Å². The highest BCUT2D eigenvalue weighted by Gasteiger charge is 2.26. The van der Waals surface area contributed by atoms with Crippen LogP contribution in [0.3, 0.4) is 0 Å². The number of piperidine rings is 1. The predicted molar refractivity (Wildman–Crippen MR) is 82.6 cm³/mol. The molecule has 5 heteroatoms. The third-order valence-electron chi connectivity index (χ3n) is 4.83. The SMILES string of the molecule is NCC1CCCC(C(=O)NCCC(=O)N2CCCCC2)C1. The molecule has 0 aromatic rings. The molecule has 120 valence electrons. The molecule has 1 saturated carbocycles. The minimum atomic E-state index is 0.0948. The summed E-state index contributed by atoms with van der Waals surface area (Å²) in [6.45, 7) is 2.91. The molecule has 1 aliphatic carbocycles. The molecule has 1 aliphatic heterocycles. The number of nitrogens with two attached hydrogens (primary N) is 1. The number of likely N-dealkylation sites (tertiary alicyclic amines) is 1. The van der Waals surface area contributed by atoms with E-state index in [1.807, 2.05) is 4.90 Å². The molecule has 2 fully saturated rings. The number of nitrogens with one attached hydrogen (secondary N) is 1. The number of hydrogen-bond acceptors (Lipinski definition) is 3. The molecule has 0 bridgehead atoms. The Morgan fingerprint density at radius 3 is 2.57 bits per heavy atom. The first kappa shape index (κ1) is 16.3. The molecule has 0 aromatic heterocycles. The van der Waals surface area contributed by atoms with E-state index in [0.717, 1.165) is 51.6 Å². The summed E-state index contributed by atoms with van der Waals surface area (Å²) in [5, 5.41) is 2.94. The van der Waals surface area contributed by atoms with Crippen molar-refractivity contribution in [2.45, 2.75) is 51.4 Å². The van der Waals surface area contributed by atoms with E-state index in [4.69, 9.17) is 5.73 Å². The van der Waals surface area contributed by atoms with Gasteiger partial charge >= 0.3 is 0 Å². The number of rotatable bonds is 5. The van der Waals surface area contributed by atoms with Gasteiger partial charge in [-0.3, -0.25) is 9.59 Å². The molecule has 5 nitrogen and oxygen atoms in total. The maximum absolute atomic E-state index is 12.1. The van der Waals surface area contributed by atoms with E-state index in [2.05, 4.69) is 5.32 Å². The van der Waals surface area contributed by atoms with Gasteiger partial charge in [-0.2, -0.15) is 0 Å². The van der Waals surface area contributed by atoms with E-state index in [1.54, 1.807) is 0 Å². The second kappa shape index (κ2) is 8.37. The maximum atomic E-state index is 12.1. The molecule has 2 amide bonds. The molecule has 2 aliphatic rings. The lowest BCUT2D eigenvalue weighted by atomic mass is 9.81. The second-order valence-corrected chi connectivity index (χ2v) is 6.45. The average molecular weight is 295 g/mol. The summed E-state index contributed by atoms with van der Waals surface area (Å²) in [6, 6.07) is 0. The second-order valence-electron chi connectivity index (χ2n) is 6.45. The van der Waals surface area contributed by atoms with E-state index >= 15 is 0 Å². The zero-order valence-corrected chi connectivity index (χ0v) is 13.0. The van der Waals surface area contributed by atoms with E-state index < -0.39 is 0 Å². The van der Waals surface area contributed by atoms with Crippen LogP contribution >= 0.6 is 0 Å². The van der Waals surface area contributed by atoms with Crippen LogP contribution in [0.25, 0.3) is 0 Å². The van der Waals surface area contributed by atoms with Crippen molar-refractivity contribution >= 4 is 11.8 Å². The quantitative estimate of drug-likeness (QED) is 0.802. The Bertz CT molecular complexity index is 353. The molecule has 2 rings (SSSR count). The van der Waals surface area contributed by atoms with Crippen LogP contribution in [0.15, 0.2) is 0 Å². The number of carbonyl (C=O) groups excluding carboxylic acids is 2. The van der Waals surface area contributed by atoms with E-state index in [0.29, 0.717) is 25.4 Å². The van der Waals surface area contributed by atoms with Crippen LogP contribution in [0.2, 0.25) is 0 Å². The fraction of sp³-hybridized carbons (Fsp3) is 0.875. The minimum absolute atomic E-state index is 0.0948. The van der Waals surface area contributed by atoms with Crippen molar-refractivity contribution in [2.75, 3.05) is 26.2 Å². The van der Waals surface area contributed by atoms with Crippen molar-refractivity contribution in [1.29, 1.82) is 0 Å². The van der Waals surface area contributed by atoms with Gasteiger partial charge in [-0.15, -0.1) is 0 Å². The van der Waals surface area contributed by atoms with Gasteiger partial charge in [0, 0.05) is 32.0 Å². The molecule has 21 heavy (non-hydrogen) atoms. The monoisotopic (exact) mass is 295 g/mol. The Morgan fingerprint density at radius 2 is 1.86 bits per heavy atom. The van der Waals surface area contributed by atoms with Crippen molar-refractivity contribution in [2.24, 2.45) is 17.6 Å². The van der Waals surface area contributed by atoms with Crippen LogP contribution in [-0.4, -0.2) is 42.9 Å². The summed E-state index contributed by atoms with van der Waals surface area (Å²) >= 11 is 0. The van der Waals surface area contributed by atoms with Gasteiger partial charge in [0.2, 0.25) is 11.8 Å². The Morgan fingerprint density at radius 1 is 1.10 bits per heavy atom. The summed E-state index contributed by atoms with van der Waals surface area (Å²) in [6.07, 6.45) is 7.98.